The molecule has 1 saturated heterocycles. The van der Waals surface area contributed by atoms with Crippen LogP contribution in [0.2, 0.25) is 0 Å². The van der Waals surface area contributed by atoms with Gasteiger partial charge in [-0.3, -0.25) is 4.79 Å². The van der Waals surface area contributed by atoms with Gasteiger partial charge in [-0.05, 0) is 56.5 Å². The lowest BCUT2D eigenvalue weighted by Gasteiger charge is -2.31. The number of likely N-dealkylation sites (tertiary alicyclic amines) is 1. The van der Waals surface area contributed by atoms with Gasteiger partial charge in [0.15, 0.2) is 0 Å². The summed E-state index contributed by atoms with van der Waals surface area (Å²) in [6.07, 6.45) is 8.04. The monoisotopic (exact) mass is 328 g/mol. The fourth-order valence-electron chi connectivity index (χ4n) is 3.58. The zero-order valence-electron chi connectivity index (χ0n) is 14.8. The predicted molar refractivity (Wildman–Crippen MR) is 96.9 cm³/mol. The number of piperidine rings is 1. The van der Waals surface area contributed by atoms with Crippen LogP contribution < -0.4 is 5.32 Å². The van der Waals surface area contributed by atoms with Gasteiger partial charge in [-0.1, -0.05) is 6.92 Å². The summed E-state index contributed by atoms with van der Waals surface area (Å²) in [5.41, 5.74) is 2.42. The average Bonchev–Trinajstić information content (AvgIpc) is 2.95. The number of nitrogens with one attached hydrogen (secondary N) is 1. The number of fused-ring (bicyclic) bond motifs is 1. The molecule has 1 N–H and O–H groups in total. The zero-order chi connectivity index (χ0) is 16.9. The first-order chi connectivity index (χ1) is 11.7. The Balaban J connectivity index is 1.51. The molecule has 0 bridgehead atoms. The van der Waals surface area contributed by atoms with E-state index in [9.17, 15) is 4.79 Å². The molecule has 3 heterocycles. The number of carbonyl (C=O) groups excluding carboxylic acids is 1. The van der Waals surface area contributed by atoms with E-state index in [0.717, 1.165) is 57.5 Å². The fraction of sp³-hybridized carbons (Fsp3) is 0.579. The van der Waals surface area contributed by atoms with Crippen molar-refractivity contribution in [1.82, 2.24) is 19.8 Å². The van der Waals surface area contributed by atoms with Gasteiger partial charge in [-0.25, -0.2) is 4.98 Å². The molecule has 0 aromatic carbocycles. The molecule has 2 aromatic rings. The second-order valence-corrected chi connectivity index (χ2v) is 6.80. The van der Waals surface area contributed by atoms with Gasteiger partial charge >= 0.3 is 0 Å². The molecule has 130 valence electrons. The van der Waals surface area contributed by atoms with Crippen LogP contribution in [0.4, 0.5) is 0 Å². The van der Waals surface area contributed by atoms with Crippen molar-refractivity contribution in [2.45, 2.75) is 32.6 Å². The molecule has 0 spiro atoms. The highest BCUT2D eigenvalue weighted by Gasteiger charge is 2.24. The van der Waals surface area contributed by atoms with E-state index in [4.69, 9.17) is 0 Å². The summed E-state index contributed by atoms with van der Waals surface area (Å²) in [6.45, 7) is 5.98. The maximum atomic E-state index is 12.1. The van der Waals surface area contributed by atoms with E-state index < -0.39 is 0 Å². The van der Waals surface area contributed by atoms with Crippen molar-refractivity contribution in [3.63, 3.8) is 0 Å². The van der Waals surface area contributed by atoms with Gasteiger partial charge in [0.2, 0.25) is 5.91 Å². The number of amides is 1. The molecule has 0 unspecified atom stereocenters. The molecule has 0 aliphatic carbocycles. The molecule has 5 nitrogen and oxygen atoms in total. The van der Waals surface area contributed by atoms with Gasteiger partial charge in [-0.15, -0.1) is 0 Å². The number of nitrogens with zero attached hydrogens (tertiary/aromatic N) is 3. The van der Waals surface area contributed by atoms with E-state index >= 15 is 0 Å². The molecule has 1 aliphatic rings. The lowest BCUT2D eigenvalue weighted by Crippen LogP contribution is -2.41. The molecule has 1 fully saturated rings. The molecular formula is C19H28N4O. The lowest BCUT2D eigenvalue weighted by molar-refractivity contribution is -0.126. The van der Waals surface area contributed by atoms with Crippen LogP contribution in [0.5, 0.6) is 0 Å². The summed E-state index contributed by atoms with van der Waals surface area (Å²) in [5.74, 6) is 0.450. The molecule has 24 heavy (non-hydrogen) atoms. The number of rotatable bonds is 6. The zero-order valence-corrected chi connectivity index (χ0v) is 14.8. The van der Waals surface area contributed by atoms with E-state index in [-0.39, 0.29) is 11.8 Å². The predicted octanol–water partition coefficient (Wildman–Crippen LogP) is 2.35. The lowest BCUT2D eigenvalue weighted by atomic mass is 9.95. The van der Waals surface area contributed by atoms with Crippen molar-refractivity contribution in [2.75, 3.05) is 26.2 Å². The van der Waals surface area contributed by atoms with Gasteiger partial charge in [0.25, 0.3) is 0 Å². The summed E-state index contributed by atoms with van der Waals surface area (Å²) >= 11 is 0. The van der Waals surface area contributed by atoms with E-state index in [0.29, 0.717) is 0 Å². The molecule has 0 saturated carbocycles. The Morgan fingerprint density at radius 3 is 2.92 bits per heavy atom. The van der Waals surface area contributed by atoms with Gasteiger partial charge < -0.3 is 14.8 Å². The number of aromatic nitrogens is 2. The Morgan fingerprint density at radius 1 is 1.38 bits per heavy atom. The molecule has 1 aliphatic heterocycles. The molecule has 1 amide bonds. The van der Waals surface area contributed by atoms with E-state index in [1.807, 2.05) is 12.3 Å². The number of hydrogen-bond acceptors (Lipinski definition) is 3. The van der Waals surface area contributed by atoms with Crippen molar-refractivity contribution in [3.8, 4) is 0 Å². The minimum atomic E-state index is 0.203. The molecule has 0 atom stereocenters. The topological polar surface area (TPSA) is 50.2 Å². The average molecular weight is 328 g/mol. The summed E-state index contributed by atoms with van der Waals surface area (Å²) < 4.78 is 2.11. The van der Waals surface area contributed by atoms with Crippen LogP contribution in [0.3, 0.4) is 0 Å². The van der Waals surface area contributed by atoms with Gasteiger partial charge in [0, 0.05) is 43.8 Å². The summed E-state index contributed by atoms with van der Waals surface area (Å²) in [7, 11) is 2.05. The van der Waals surface area contributed by atoms with Crippen LogP contribution in [0, 0.1) is 5.92 Å². The third-order valence-corrected chi connectivity index (χ3v) is 5.02. The second-order valence-electron chi connectivity index (χ2n) is 6.80. The number of pyridine rings is 1. The highest BCUT2D eigenvalue weighted by Crippen LogP contribution is 2.21. The smallest absolute Gasteiger partial charge is 0.223 e. The Bertz CT molecular complexity index is 686. The van der Waals surface area contributed by atoms with Crippen LogP contribution in [-0.2, 0) is 18.3 Å². The standard InChI is InChI=1S/C19H28N4O/c1-3-9-21-19(24)15-6-11-23(12-7-15)13-8-16-14-22(2)18-17(16)5-4-10-20-18/h4-5,10,14-15H,3,6-9,11-13H2,1-2H3,(H,21,24). The van der Waals surface area contributed by atoms with Crippen molar-refractivity contribution in [3.05, 3.63) is 30.1 Å². The Labute approximate surface area is 144 Å². The van der Waals surface area contributed by atoms with E-state index in [1.54, 1.807) is 0 Å². The third kappa shape index (κ3) is 3.78. The highest BCUT2D eigenvalue weighted by molar-refractivity contribution is 5.80. The SMILES string of the molecule is CCCNC(=O)C1CCN(CCc2cn(C)c3ncccc23)CC1. The van der Waals surface area contributed by atoms with Crippen LogP contribution in [-0.4, -0.2) is 46.5 Å². The maximum absolute atomic E-state index is 12.1. The number of aryl methyl sites for hydroxylation is 1. The first kappa shape index (κ1) is 17.0. The number of carbonyl (C=O) groups is 1. The molecule has 5 heteroatoms. The van der Waals surface area contributed by atoms with Gasteiger partial charge in [0.1, 0.15) is 5.65 Å². The summed E-state index contributed by atoms with van der Waals surface area (Å²) in [6, 6.07) is 4.16. The molecule has 2 aromatic heterocycles. The van der Waals surface area contributed by atoms with Crippen molar-refractivity contribution >= 4 is 16.9 Å². The Morgan fingerprint density at radius 2 is 2.17 bits per heavy atom. The normalized spacial score (nSPS) is 16.6. The maximum Gasteiger partial charge on any atom is 0.223 e. The van der Waals surface area contributed by atoms with Gasteiger partial charge in [-0.2, -0.15) is 0 Å². The molecule has 0 radical (unpaired) electrons. The van der Waals surface area contributed by atoms with Gasteiger partial charge in [0.05, 0.1) is 0 Å². The largest absolute Gasteiger partial charge is 0.356 e. The third-order valence-electron chi connectivity index (χ3n) is 5.02. The summed E-state index contributed by atoms with van der Waals surface area (Å²) in [5, 5.41) is 4.29. The van der Waals surface area contributed by atoms with Crippen LogP contribution in [0.15, 0.2) is 24.5 Å². The minimum absolute atomic E-state index is 0.203. The first-order valence-electron chi connectivity index (χ1n) is 9.08. The highest BCUT2D eigenvalue weighted by atomic mass is 16.1. The molecule has 3 rings (SSSR count). The Hall–Kier alpha value is -1.88. The van der Waals surface area contributed by atoms with Crippen molar-refractivity contribution in [1.29, 1.82) is 0 Å². The van der Waals surface area contributed by atoms with Crippen molar-refractivity contribution < 1.29 is 4.79 Å². The minimum Gasteiger partial charge on any atom is -0.356 e. The number of hydrogen-bond donors (Lipinski definition) is 1. The quantitative estimate of drug-likeness (QED) is 0.885. The Kier molecular flexibility index (Phi) is 5.51. The van der Waals surface area contributed by atoms with Crippen LogP contribution in [0.25, 0.3) is 11.0 Å². The van der Waals surface area contributed by atoms with Crippen molar-refractivity contribution in [2.24, 2.45) is 13.0 Å². The fourth-order valence-corrected chi connectivity index (χ4v) is 3.58. The van der Waals surface area contributed by atoms with E-state index in [2.05, 4.69) is 46.0 Å². The van der Waals surface area contributed by atoms with E-state index in [1.165, 1.54) is 10.9 Å². The van der Waals surface area contributed by atoms with Crippen LogP contribution >= 0.6 is 0 Å². The summed E-state index contributed by atoms with van der Waals surface area (Å²) in [4.78, 5) is 19.0. The second kappa shape index (κ2) is 7.79. The molecular weight excluding hydrogens is 300 g/mol. The first-order valence-corrected chi connectivity index (χ1v) is 9.08. The van der Waals surface area contributed by atoms with Crippen LogP contribution in [0.1, 0.15) is 31.7 Å².